The van der Waals surface area contributed by atoms with Crippen LogP contribution in [0.4, 0.5) is 0 Å². The van der Waals surface area contributed by atoms with Gasteiger partial charge in [-0.3, -0.25) is 9.78 Å². The van der Waals surface area contributed by atoms with Gasteiger partial charge in [0, 0.05) is 50.7 Å². The van der Waals surface area contributed by atoms with Crippen molar-refractivity contribution >= 4 is 45.7 Å². The quantitative estimate of drug-likeness (QED) is 0.269. The third kappa shape index (κ3) is 12.1. The first-order chi connectivity index (χ1) is 12.7. The summed E-state index contributed by atoms with van der Waals surface area (Å²) in [7, 11) is -1.25. The summed E-state index contributed by atoms with van der Waals surface area (Å²) in [6.45, 7) is 5.05. The summed E-state index contributed by atoms with van der Waals surface area (Å²) in [6.07, 6.45) is 4.12. The Morgan fingerprint density at radius 3 is 2.64 bits per heavy atom. The van der Waals surface area contributed by atoms with Gasteiger partial charge in [-0.2, -0.15) is 0 Å². The second kappa shape index (κ2) is 13.7. The number of aromatic nitrogens is 1. The third-order valence-corrected chi connectivity index (χ3v) is 4.85. The van der Waals surface area contributed by atoms with E-state index in [4.69, 9.17) is 0 Å². The molecule has 0 aliphatic carbocycles. The molecule has 0 saturated carbocycles. The van der Waals surface area contributed by atoms with Crippen molar-refractivity contribution in [3.8, 4) is 0 Å². The van der Waals surface area contributed by atoms with Crippen LogP contribution < -0.4 is 10.6 Å². The van der Waals surface area contributed by atoms with Gasteiger partial charge in [0.2, 0.25) is 5.91 Å². The van der Waals surface area contributed by atoms with Crippen LogP contribution in [0.5, 0.6) is 0 Å². The lowest BCUT2D eigenvalue weighted by Crippen LogP contribution is -2.43. The van der Waals surface area contributed by atoms with Gasteiger partial charge in [-0.1, -0.05) is 6.07 Å². The molecule has 1 heterocycles. The molecule has 8 nitrogen and oxygen atoms in total. The molecule has 1 aromatic heterocycles. The van der Waals surface area contributed by atoms with Gasteiger partial charge < -0.3 is 15.5 Å². The SMILES string of the molecule is CCNC(=NCC(=O)N(C)CCc1ccccn1)NC(C)CCS(C)(=O)=O.I. The summed E-state index contributed by atoms with van der Waals surface area (Å²) in [5, 5.41) is 6.21. The van der Waals surface area contributed by atoms with E-state index in [0.29, 0.717) is 31.9 Å². The maximum absolute atomic E-state index is 12.3. The number of nitrogens with zero attached hydrogens (tertiary/aromatic N) is 3. The molecule has 0 bridgehead atoms. The molecule has 28 heavy (non-hydrogen) atoms. The first-order valence-electron chi connectivity index (χ1n) is 9.07. The maximum Gasteiger partial charge on any atom is 0.244 e. The molecule has 0 aromatic carbocycles. The van der Waals surface area contributed by atoms with Gasteiger partial charge >= 0.3 is 0 Å². The van der Waals surface area contributed by atoms with Crippen LogP contribution in [0.25, 0.3) is 0 Å². The molecule has 1 unspecified atom stereocenters. The number of guanidine groups is 1. The predicted molar refractivity (Wildman–Crippen MR) is 124 cm³/mol. The normalized spacial score (nSPS) is 12.6. The van der Waals surface area contributed by atoms with Crippen molar-refractivity contribution in [3.05, 3.63) is 30.1 Å². The Kier molecular flexibility index (Phi) is 13.0. The van der Waals surface area contributed by atoms with Crippen molar-refractivity contribution in [1.29, 1.82) is 0 Å². The van der Waals surface area contributed by atoms with Gasteiger partial charge in [-0.05, 0) is 32.4 Å². The molecule has 0 radical (unpaired) electrons. The number of likely N-dealkylation sites (N-methyl/N-ethyl adjacent to an activating group) is 1. The fourth-order valence-corrected chi connectivity index (χ4v) is 3.02. The Morgan fingerprint density at radius 2 is 2.07 bits per heavy atom. The molecule has 0 aliphatic rings. The van der Waals surface area contributed by atoms with Crippen LogP contribution in [0.15, 0.2) is 29.4 Å². The van der Waals surface area contributed by atoms with Crippen LogP contribution in [-0.2, 0) is 21.1 Å². The summed E-state index contributed by atoms with van der Waals surface area (Å²) in [5.41, 5.74) is 0.940. The van der Waals surface area contributed by atoms with Gasteiger partial charge in [-0.25, -0.2) is 13.4 Å². The van der Waals surface area contributed by atoms with E-state index in [1.165, 1.54) is 6.26 Å². The molecule has 0 spiro atoms. The second-order valence-corrected chi connectivity index (χ2v) is 8.81. The van der Waals surface area contributed by atoms with Crippen LogP contribution in [0.1, 0.15) is 26.0 Å². The number of carbonyl (C=O) groups excluding carboxylic acids is 1. The highest BCUT2D eigenvalue weighted by molar-refractivity contribution is 14.0. The maximum atomic E-state index is 12.3. The lowest BCUT2D eigenvalue weighted by atomic mass is 10.2. The fraction of sp³-hybridized carbons (Fsp3) is 0.611. The topological polar surface area (TPSA) is 104 Å². The van der Waals surface area contributed by atoms with E-state index in [0.717, 1.165) is 5.69 Å². The molecule has 10 heteroatoms. The van der Waals surface area contributed by atoms with E-state index < -0.39 is 9.84 Å². The number of carbonyl (C=O) groups is 1. The highest BCUT2D eigenvalue weighted by atomic mass is 127. The van der Waals surface area contributed by atoms with Gasteiger partial charge in [0.25, 0.3) is 0 Å². The van der Waals surface area contributed by atoms with Crippen molar-refractivity contribution in [2.45, 2.75) is 32.7 Å². The number of hydrogen-bond acceptors (Lipinski definition) is 5. The molecule has 1 amide bonds. The lowest BCUT2D eigenvalue weighted by Gasteiger charge is -2.19. The highest BCUT2D eigenvalue weighted by Crippen LogP contribution is 1.98. The first kappa shape index (κ1) is 26.6. The molecule has 1 rings (SSSR count). The Bertz CT molecular complexity index is 713. The van der Waals surface area contributed by atoms with Crippen LogP contribution in [0.3, 0.4) is 0 Å². The molecule has 0 saturated heterocycles. The fourth-order valence-electron chi connectivity index (χ4n) is 2.24. The minimum Gasteiger partial charge on any atom is -0.357 e. The number of pyridine rings is 1. The average Bonchev–Trinajstić information content (AvgIpc) is 2.62. The van der Waals surface area contributed by atoms with E-state index >= 15 is 0 Å². The van der Waals surface area contributed by atoms with Crippen LogP contribution in [0.2, 0.25) is 0 Å². The highest BCUT2D eigenvalue weighted by Gasteiger charge is 2.12. The summed E-state index contributed by atoms with van der Waals surface area (Å²) in [6, 6.07) is 5.64. The van der Waals surface area contributed by atoms with Gasteiger partial charge in [0.15, 0.2) is 5.96 Å². The van der Waals surface area contributed by atoms with E-state index in [2.05, 4.69) is 20.6 Å². The Labute approximate surface area is 185 Å². The number of halogens is 1. The van der Waals surface area contributed by atoms with E-state index in [1.54, 1.807) is 18.1 Å². The zero-order valence-corrected chi connectivity index (χ0v) is 20.2. The molecule has 0 fully saturated rings. The van der Waals surface area contributed by atoms with Crippen LogP contribution in [0, 0.1) is 0 Å². The predicted octanol–water partition coefficient (Wildman–Crippen LogP) is 1.08. The molecule has 1 atom stereocenters. The zero-order chi connectivity index (χ0) is 20.3. The van der Waals surface area contributed by atoms with Crippen LogP contribution >= 0.6 is 24.0 Å². The molecular weight excluding hydrogens is 493 g/mol. The van der Waals surface area contributed by atoms with Gasteiger partial charge in [-0.15, -0.1) is 24.0 Å². The van der Waals surface area contributed by atoms with Gasteiger partial charge in [0.1, 0.15) is 16.4 Å². The summed E-state index contributed by atoms with van der Waals surface area (Å²) in [4.78, 5) is 22.5. The van der Waals surface area contributed by atoms with Crippen molar-refractivity contribution in [2.24, 2.45) is 4.99 Å². The van der Waals surface area contributed by atoms with Gasteiger partial charge in [0.05, 0.1) is 5.75 Å². The molecule has 0 aliphatic heterocycles. The number of sulfone groups is 1. The molecule has 1 aromatic rings. The average molecular weight is 525 g/mol. The zero-order valence-electron chi connectivity index (χ0n) is 17.0. The number of nitrogens with one attached hydrogen (secondary N) is 2. The summed E-state index contributed by atoms with van der Waals surface area (Å²) >= 11 is 0. The summed E-state index contributed by atoms with van der Waals surface area (Å²) < 4.78 is 22.5. The Balaban J connectivity index is 0.00000729. The van der Waals surface area contributed by atoms with Crippen molar-refractivity contribution in [1.82, 2.24) is 20.5 Å². The first-order valence-corrected chi connectivity index (χ1v) is 11.1. The number of aliphatic imine (C=N–C) groups is 1. The summed E-state index contributed by atoms with van der Waals surface area (Å²) in [5.74, 6) is 0.521. The van der Waals surface area contributed by atoms with Crippen molar-refractivity contribution in [3.63, 3.8) is 0 Å². The minimum atomic E-state index is -3.00. The third-order valence-electron chi connectivity index (χ3n) is 3.88. The number of rotatable bonds is 10. The Morgan fingerprint density at radius 1 is 1.36 bits per heavy atom. The van der Waals surface area contributed by atoms with Crippen molar-refractivity contribution < 1.29 is 13.2 Å². The van der Waals surface area contributed by atoms with E-state index in [-0.39, 0.29) is 48.2 Å². The van der Waals surface area contributed by atoms with E-state index in [1.807, 2.05) is 32.0 Å². The lowest BCUT2D eigenvalue weighted by molar-refractivity contribution is -0.128. The Hall–Kier alpha value is -1.43. The monoisotopic (exact) mass is 525 g/mol. The second-order valence-electron chi connectivity index (χ2n) is 6.55. The minimum absolute atomic E-state index is 0. The molecule has 160 valence electrons. The smallest absolute Gasteiger partial charge is 0.244 e. The molecular formula is C18H32IN5O3S. The largest absolute Gasteiger partial charge is 0.357 e. The van der Waals surface area contributed by atoms with E-state index in [9.17, 15) is 13.2 Å². The molecule has 2 N–H and O–H groups in total. The number of hydrogen-bond donors (Lipinski definition) is 2. The van der Waals surface area contributed by atoms with Crippen LogP contribution in [-0.4, -0.2) is 74.9 Å². The van der Waals surface area contributed by atoms with Crippen molar-refractivity contribution in [2.75, 3.05) is 38.7 Å². The standard InChI is InChI=1S/C18H31N5O3S.HI/c1-5-19-18(22-15(2)10-13-27(4,25)26)21-14-17(24)23(3)12-9-16-8-6-7-11-20-16;/h6-8,11,15H,5,9-10,12-14H2,1-4H3,(H2,19,21,22);1H. The number of amides is 1.